The van der Waals surface area contributed by atoms with Gasteiger partial charge in [0.05, 0.1) is 61.5 Å². The number of benzene rings is 8. The SMILES string of the molecule is O=C(Oc1ccccc1)c1cccc(-c2ccc3ccc4ccc(-c5cc(C(=O)Oc6ccccc6)cc(-c6ccc7ccc8ccc(-c9cccc(C(=O)Oc%10ccccc%10)c9)nc8c7n6)c5)nc4c3n2)c1. The molecule has 0 bridgehead atoms. The van der Waals surface area contributed by atoms with Gasteiger partial charge in [-0.05, 0) is 103 Å². The Labute approximate surface area is 417 Å². The molecule has 0 saturated carbocycles. The lowest BCUT2D eigenvalue weighted by Crippen LogP contribution is -2.09. The lowest BCUT2D eigenvalue weighted by atomic mass is 9.99. The molecule has 73 heavy (non-hydrogen) atoms. The number of pyridine rings is 4. The van der Waals surface area contributed by atoms with E-state index in [2.05, 4.69) is 0 Å². The van der Waals surface area contributed by atoms with Crippen molar-refractivity contribution < 1.29 is 28.6 Å². The molecule has 0 atom stereocenters. The molecule has 0 amide bonds. The fourth-order valence-electron chi connectivity index (χ4n) is 8.79. The lowest BCUT2D eigenvalue weighted by molar-refractivity contribution is 0.0725. The van der Waals surface area contributed by atoms with Gasteiger partial charge >= 0.3 is 17.9 Å². The molecule has 10 heteroatoms. The highest BCUT2D eigenvalue weighted by molar-refractivity contribution is 6.06. The summed E-state index contributed by atoms with van der Waals surface area (Å²) in [5.41, 5.74) is 9.04. The van der Waals surface area contributed by atoms with E-state index in [1.54, 1.807) is 72.8 Å². The Balaban J connectivity index is 0.933. The molecule has 8 aromatic carbocycles. The molecule has 0 aliphatic heterocycles. The number of carbonyl (C=O) groups excluding carboxylic acids is 3. The van der Waals surface area contributed by atoms with Gasteiger partial charge < -0.3 is 14.2 Å². The topological polar surface area (TPSA) is 130 Å². The highest BCUT2D eigenvalue weighted by Crippen LogP contribution is 2.34. The molecule has 0 spiro atoms. The third-order valence-electron chi connectivity index (χ3n) is 12.4. The zero-order valence-electron chi connectivity index (χ0n) is 38.7. The molecule has 10 nitrogen and oxygen atoms in total. The zero-order valence-corrected chi connectivity index (χ0v) is 38.7. The van der Waals surface area contributed by atoms with E-state index in [1.807, 2.05) is 158 Å². The van der Waals surface area contributed by atoms with Gasteiger partial charge in [0.2, 0.25) is 0 Å². The highest BCUT2D eigenvalue weighted by atomic mass is 16.5. The van der Waals surface area contributed by atoms with Gasteiger partial charge in [-0.2, -0.15) is 0 Å². The van der Waals surface area contributed by atoms with E-state index in [1.165, 1.54) is 0 Å². The number of nitrogens with zero attached hydrogens (tertiary/aromatic N) is 4. The third kappa shape index (κ3) is 9.11. The number of para-hydroxylation sites is 3. The molecule has 12 rings (SSSR count). The largest absolute Gasteiger partial charge is 0.423 e. The summed E-state index contributed by atoms with van der Waals surface area (Å²) in [6, 6.07) is 70.5. The summed E-state index contributed by atoms with van der Waals surface area (Å²) in [4.78, 5) is 61.2. The van der Waals surface area contributed by atoms with Crippen LogP contribution in [0, 0.1) is 0 Å². The molecule has 4 aromatic heterocycles. The van der Waals surface area contributed by atoms with Gasteiger partial charge in [0, 0.05) is 43.8 Å². The van der Waals surface area contributed by atoms with E-state index in [4.69, 9.17) is 34.1 Å². The molecule has 12 aromatic rings. The van der Waals surface area contributed by atoms with Crippen LogP contribution in [0.1, 0.15) is 31.1 Å². The number of hydrogen-bond donors (Lipinski definition) is 0. The molecule has 346 valence electrons. The first-order chi connectivity index (χ1) is 35.8. The third-order valence-corrected chi connectivity index (χ3v) is 12.4. The first-order valence-corrected chi connectivity index (χ1v) is 23.4. The minimum atomic E-state index is -0.547. The Morgan fingerprint density at radius 1 is 0.260 bits per heavy atom. The van der Waals surface area contributed by atoms with Crippen LogP contribution in [-0.4, -0.2) is 37.8 Å². The fraction of sp³-hybridized carbons (Fsp3) is 0. The molecule has 4 heterocycles. The number of carbonyl (C=O) groups is 3. The first kappa shape index (κ1) is 44.0. The van der Waals surface area contributed by atoms with Gasteiger partial charge in [-0.25, -0.2) is 34.3 Å². The Morgan fingerprint density at radius 2 is 0.548 bits per heavy atom. The maximum absolute atomic E-state index is 14.1. The minimum Gasteiger partial charge on any atom is -0.423 e. The summed E-state index contributed by atoms with van der Waals surface area (Å²) < 4.78 is 17.1. The summed E-state index contributed by atoms with van der Waals surface area (Å²) in [6.07, 6.45) is 0. The molecule has 0 saturated heterocycles. The van der Waals surface area contributed by atoms with Crippen molar-refractivity contribution in [3.8, 4) is 62.3 Å². The van der Waals surface area contributed by atoms with Crippen LogP contribution in [0.3, 0.4) is 0 Å². The lowest BCUT2D eigenvalue weighted by Gasteiger charge is -2.12. The van der Waals surface area contributed by atoms with Crippen molar-refractivity contribution >= 4 is 61.5 Å². The monoisotopic (exact) mass is 946 g/mol. The average molecular weight is 947 g/mol. The normalized spacial score (nSPS) is 11.2. The second kappa shape index (κ2) is 19.0. The van der Waals surface area contributed by atoms with Gasteiger partial charge in [-0.1, -0.05) is 127 Å². The minimum absolute atomic E-state index is 0.299. The predicted molar refractivity (Wildman–Crippen MR) is 284 cm³/mol. The van der Waals surface area contributed by atoms with Gasteiger partial charge in [0.25, 0.3) is 0 Å². The van der Waals surface area contributed by atoms with Crippen LogP contribution in [0.4, 0.5) is 0 Å². The first-order valence-electron chi connectivity index (χ1n) is 23.4. The van der Waals surface area contributed by atoms with Crippen molar-refractivity contribution in [3.63, 3.8) is 0 Å². The number of rotatable bonds is 10. The van der Waals surface area contributed by atoms with E-state index in [9.17, 15) is 14.4 Å². The van der Waals surface area contributed by atoms with Gasteiger partial charge in [0.1, 0.15) is 17.2 Å². The van der Waals surface area contributed by atoms with E-state index in [0.717, 1.165) is 32.7 Å². The second-order valence-corrected chi connectivity index (χ2v) is 17.3. The van der Waals surface area contributed by atoms with Gasteiger partial charge in [-0.15, -0.1) is 0 Å². The number of esters is 3. The molecule has 0 N–H and O–H groups in total. The number of fused-ring (bicyclic) bond motifs is 6. The van der Waals surface area contributed by atoms with Crippen LogP contribution >= 0.6 is 0 Å². The van der Waals surface area contributed by atoms with Crippen LogP contribution in [-0.2, 0) is 0 Å². The Bertz CT molecular complexity index is 3890. The molecule has 0 fully saturated rings. The Morgan fingerprint density at radius 3 is 0.890 bits per heavy atom. The van der Waals surface area contributed by atoms with E-state index in [0.29, 0.717) is 89.9 Å². The van der Waals surface area contributed by atoms with Crippen LogP contribution < -0.4 is 14.2 Å². The summed E-state index contributed by atoms with van der Waals surface area (Å²) >= 11 is 0. The molecule has 0 aliphatic carbocycles. The molecule has 0 aliphatic rings. The number of aromatic nitrogens is 4. The predicted octanol–water partition coefficient (Wildman–Crippen LogP) is 14.2. The van der Waals surface area contributed by atoms with Crippen molar-refractivity contribution in [2.24, 2.45) is 0 Å². The van der Waals surface area contributed by atoms with Crippen LogP contribution in [0.15, 0.2) is 231 Å². The zero-order chi connectivity index (χ0) is 49.3. The van der Waals surface area contributed by atoms with E-state index < -0.39 is 17.9 Å². The summed E-state index contributed by atoms with van der Waals surface area (Å²) in [5, 5.41) is 3.50. The van der Waals surface area contributed by atoms with Gasteiger partial charge in [0.15, 0.2) is 0 Å². The maximum Gasteiger partial charge on any atom is 0.343 e. The Hall–Kier alpha value is -10.2. The van der Waals surface area contributed by atoms with Crippen molar-refractivity contribution in [1.29, 1.82) is 0 Å². The standard InChI is InChI=1S/C63H38N4O6/c68-61(71-50-16-4-1-5-17-50)45-14-10-12-43(34-45)53-30-26-39-22-24-41-28-32-55(66-59(41)57(39)64-53)47-36-48(38-49(37-47)63(70)73-52-20-8-3-9-21-52)56-33-29-42-25-23-40-27-31-54(65-58(40)60(42)67-56)44-13-11-15-46(35-44)62(69)72-51-18-6-2-7-19-51/h1-38H. The van der Waals surface area contributed by atoms with Crippen molar-refractivity contribution in [1.82, 2.24) is 19.9 Å². The average Bonchev–Trinajstić information content (AvgIpc) is 3.45. The van der Waals surface area contributed by atoms with Crippen LogP contribution in [0.5, 0.6) is 17.2 Å². The van der Waals surface area contributed by atoms with Gasteiger partial charge in [-0.3, -0.25) is 0 Å². The fourth-order valence-corrected chi connectivity index (χ4v) is 8.79. The highest BCUT2D eigenvalue weighted by Gasteiger charge is 2.19. The number of ether oxygens (including phenoxy) is 3. The van der Waals surface area contributed by atoms with Crippen LogP contribution in [0.2, 0.25) is 0 Å². The van der Waals surface area contributed by atoms with Crippen molar-refractivity contribution in [2.75, 3.05) is 0 Å². The van der Waals surface area contributed by atoms with Crippen molar-refractivity contribution in [3.05, 3.63) is 247 Å². The molecular formula is C63H38N4O6. The second-order valence-electron chi connectivity index (χ2n) is 17.3. The molecule has 0 unspecified atom stereocenters. The smallest absolute Gasteiger partial charge is 0.343 e. The van der Waals surface area contributed by atoms with E-state index in [-0.39, 0.29) is 0 Å². The number of hydrogen-bond acceptors (Lipinski definition) is 10. The molecular weight excluding hydrogens is 909 g/mol. The van der Waals surface area contributed by atoms with Crippen LogP contribution in [0.25, 0.3) is 88.6 Å². The summed E-state index contributed by atoms with van der Waals surface area (Å²) in [6.45, 7) is 0. The summed E-state index contributed by atoms with van der Waals surface area (Å²) in [7, 11) is 0. The Kier molecular flexibility index (Phi) is 11.4. The quantitative estimate of drug-likeness (QED) is 0.0742. The molecule has 0 radical (unpaired) electrons. The maximum atomic E-state index is 14.1. The van der Waals surface area contributed by atoms with E-state index >= 15 is 0 Å². The summed E-state index contributed by atoms with van der Waals surface area (Å²) in [5.74, 6) is -0.165. The van der Waals surface area contributed by atoms with Crippen molar-refractivity contribution in [2.45, 2.75) is 0 Å².